The van der Waals surface area contributed by atoms with Gasteiger partial charge in [-0.05, 0) is 67.3 Å². The Labute approximate surface area is 201 Å². The van der Waals surface area contributed by atoms with Crippen molar-refractivity contribution in [3.05, 3.63) is 51.7 Å². The maximum atomic E-state index is 13.4. The number of urea groups is 1. The van der Waals surface area contributed by atoms with Gasteiger partial charge in [0, 0.05) is 24.0 Å². The molecule has 180 valence electrons. The molecule has 0 fully saturated rings. The molecule has 0 radical (unpaired) electrons. The van der Waals surface area contributed by atoms with Gasteiger partial charge < -0.3 is 19.9 Å². The topological polar surface area (TPSA) is 61.9 Å². The van der Waals surface area contributed by atoms with Gasteiger partial charge in [-0.1, -0.05) is 32.9 Å². The van der Waals surface area contributed by atoms with Gasteiger partial charge in [-0.2, -0.15) is 0 Å². The number of rotatable bonds is 9. The molecule has 1 aromatic heterocycles. The molecule has 2 aromatic rings. The van der Waals surface area contributed by atoms with Crippen LogP contribution < -0.4 is 10.1 Å². The summed E-state index contributed by atoms with van der Waals surface area (Å²) in [6.07, 6.45) is 1.64. The summed E-state index contributed by atoms with van der Waals surface area (Å²) in [5.74, 6) is 1.24. The fraction of sp³-hybridized carbons (Fsp3) is 0.538. The summed E-state index contributed by atoms with van der Waals surface area (Å²) < 4.78 is 6.16. The molecule has 3 amide bonds. The molecule has 0 saturated heterocycles. The largest absolute Gasteiger partial charge is 0.491 e. The van der Waals surface area contributed by atoms with Gasteiger partial charge in [0.2, 0.25) is 5.91 Å². The van der Waals surface area contributed by atoms with Crippen LogP contribution in [0, 0.1) is 0 Å². The number of hydrogen-bond acceptors (Lipinski definition) is 4. The van der Waals surface area contributed by atoms with Gasteiger partial charge in [-0.15, -0.1) is 11.3 Å². The van der Waals surface area contributed by atoms with Gasteiger partial charge in [0.1, 0.15) is 18.9 Å². The lowest BCUT2D eigenvalue weighted by molar-refractivity contribution is -0.135. The molecule has 0 spiro atoms. The Morgan fingerprint density at radius 2 is 1.91 bits per heavy atom. The highest BCUT2D eigenvalue weighted by molar-refractivity contribution is 7.10. The van der Waals surface area contributed by atoms with Crippen molar-refractivity contribution in [3.63, 3.8) is 0 Å². The van der Waals surface area contributed by atoms with E-state index in [0.29, 0.717) is 25.6 Å². The first kappa shape index (κ1) is 25.1. The predicted octanol–water partition coefficient (Wildman–Crippen LogP) is 5.21. The molecule has 1 atom stereocenters. The maximum absolute atomic E-state index is 13.4. The van der Waals surface area contributed by atoms with E-state index in [0.717, 1.165) is 24.2 Å². The van der Waals surface area contributed by atoms with Crippen molar-refractivity contribution in [2.75, 3.05) is 26.2 Å². The molecule has 3 rings (SSSR count). The minimum absolute atomic E-state index is 0.0264. The van der Waals surface area contributed by atoms with Crippen LogP contribution in [-0.4, -0.2) is 54.0 Å². The van der Waals surface area contributed by atoms with Crippen LogP contribution in [0.5, 0.6) is 5.75 Å². The number of carbonyl (C=O) groups excluding carboxylic acids is 2. The number of thiophene rings is 1. The van der Waals surface area contributed by atoms with Gasteiger partial charge in [-0.3, -0.25) is 4.79 Å². The molecule has 1 aliphatic rings. The van der Waals surface area contributed by atoms with Crippen molar-refractivity contribution in [2.45, 2.75) is 65.5 Å². The lowest BCUT2D eigenvalue weighted by Gasteiger charge is -2.37. The Bertz CT molecular complexity index is 923. The Hall–Kier alpha value is -2.54. The van der Waals surface area contributed by atoms with Crippen molar-refractivity contribution in [3.8, 4) is 5.75 Å². The van der Waals surface area contributed by atoms with E-state index >= 15 is 0 Å². The first-order valence-corrected chi connectivity index (χ1v) is 12.8. The summed E-state index contributed by atoms with van der Waals surface area (Å²) in [4.78, 5) is 30.8. The van der Waals surface area contributed by atoms with Crippen LogP contribution in [-0.2, 0) is 11.2 Å². The highest BCUT2D eigenvalue weighted by atomic mass is 32.1. The minimum Gasteiger partial charge on any atom is -0.491 e. The SMILES string of the molecule is CCCN(CC(=O)N1CCc2sccc2[C@H]1COc1ccc(C(C)C)cc1)C(=O)NC(C)C. The Morgan fingerprint density at radius 1 is 1.18 bits per heavy atom. The fourth-order valence-corrected chi connectivity index (χ4v) is 5.04. The molecule has 0 bridgehead atoms. The summed E-state index contributed by atoms with van der Waals surface area (Å²) in [5.41, 5.74) is 2.43. The molecule has 1 N–H and O–H groups in total. The Balaban J connectivity index is 1.73. The molecule has 0 unspecified atom stereocenters. The van der Waals surface area contributed by atoms with Crippen molar-refractivity contribution in [2.24, 2.45) is 0 Å². The molecule has 1 aromatic carbocycles. The fourth-order valence-electron chi connectivity index (χ4n) is 4.11. The Morgan fingerprint density at radius 3 is 2.55 bits per heavy atom. The van der Waals surface area contributed by atoms with E-state index in [1.165, 1.54) is 10.4 Å². The maximum Gasteiger partial charge on any atom is 0.318 e. The number of ether oxygens (including phenoxy) is 1. The quantitative estimate of drug-likeness (QED) is 0.546. The second kappa shape index (κ2) is 11.5. The summed E-state index contributed by atoms with van der Waals surface area (Å²) in [5, 5.41) is 5.00. The van der Waals surface area contributed by atoms with Gasteiger partial charge in [0.15, 0.2) is 0 Å². The first-order chi connectivity index (χ1) is 15.8. The average Bonchev–Trinajstić information content (AvgIpc) is 3.26. The van der Waals surface area contributed by atoms with E-state index in [9.17, 15) is 9.59 Å². The third-order valence-electron chi connectivity index (χ3n) is 5.89. The van der Waals surface area contributed by atoms with E-state index in [4.69, 9.17) is 4.74 Å². The normalized spacial score (nSPS) is 15.5. The van der Waals surface area contributed by atoms with Crippen molar-refractivity contribution in [1.82, 2.24) is 15.1 Å². The van der Waals surface area contributed by atoms with Gasteiger partial charge in [0.05, 0.1) is 6.04 Å². The second-order valence-corrected chi connectivity index (χ2v) is 10.2. The third-order valence-corrected chi connectivity index (χ3v) is 6.89. The molecule has 6 nitrogen and oxygen atoms in total. The lowest BCUT2D eigenvalue weighted by Crippen LogP contribution is -2.50. The first-order valence-electron chi connectivity index (χ1n) is 11.9. The van der Waals surface area contributed by atoms with Crippen LogP contribution in [0.1, 0.15) is 69.0 Å². The summed E-state index contributed by atoms with van der Waals surface area (Å²) in [6, 6.07) is 9.96. The van der Waals surface area contributed by atoms with Crippen LogP contribution in [0.3, 0.4) is 0 Å². The van der Waals surface area contributed by atoms with Crippen LogP contribution >= 0.6 is 11.3 Å². The van der Waals surface area contributed by atoms with Gasteiger partial charge in [0.25, 0.3) is 0 Å². The van der Waals surface area contributed by atoms with E-state index in [1.54, 1.807) is 16.2 Å². The van der Waals surface area contributed by atoms with E-state index < -0.39 is 0 Å². The zero-order valence-corrected chi connectivity index (χ0v) is 21.3. The van der Waals surface area contributed by atoms with Crippen molar-refractivity contribution < 1.29 is 14.3 Å². The number of hydrogen-bond donors (Lipinski definition) is 1. The van der Waals surface area contributed by atoms with Crippen LogP contribution in [0.15, 0.2) is 35.7 Å². The zero-order chi connectivity index (χ0) is 24.0. The molecule has 7 heteroatoms. The molecule has 0 aliphatic carbocycles. The molecule has 2 heterocycles. The number of carbonyl (C=O) groups is 2. The zero-order valence-electron chi connectivity index (χ0n) is 20.5. The summed E-state index contributed by atoms with van der Waals surface area (Å²) in [7, 11) is 0. The average molecular weight is 472 g/mol. The molecular weight excluding hydrogens is 434 g/mol. The van der Waals surface area contributed by atoms with Crippen LogP contribution in [0.2, 0.25) is 0 Å². The summed E-state index contributed by atoms with van der Waals surface area (Å²) >= 11 is 1.74. The minimum atomic E-state index is -0.188. The third kappa shape index (κ3) is 6.50. The number of nitrogens with one attached hydrogen (secondary N) is 1. The monoisotopic (exact) mass is 471 g/mol. The standard InChI is InChI=1S/C26H37N3O3S/c1-6-13-28(26(31)27-19(4)5)16-25(30)29-14-11-24-22(12-15-33-24)23(29)17-32-21-9-7-20(8-10-21)18(2)3/h7-10,12,15,18-19,23H,6,11,13-14,16-17H2,1-5H3,(H,27,31)/t23-/m1/s1. The molecule has 33 heavy (non-hydrogen) atoms. The number of amides is 3. The summed E-state index contributed by atoms with van der Waals surface area (Å²) in [6.45, 7) is 11.9. The number of nitrogens with zero attached hydrogens (tertiary/aromatic N) is 2. The highest BCUT2D eigenvalue weighted by Gasteiger charge is 2.33. The predicted molar refractivity (Wildman–Crippen MR) is 134 cm³/mol. The van der Waals surface area contributed by atoms with Crippen LogP contribution in [0.4, 0.5) is 4.79 Å². The smallest absolute Gasteiger partial charge is 0.318 e. The van der Waals surface area contributed by atoms with Gasteiger partial charge >= 0.3 is 6.03 Å². The van der Waals surface area contributed by atoms with E-state index in [-0.39, 0.29) is 30.6 Å². The molecule has 0 saturated carbocycles. The molecular formula is C26H37N3O3S. The lowest BCUT2D eigenvalue weighted by atomic mass is 10.00. The van der Waals surface area contributed by atoms with Crippen LogP contribution in [0.25, 0.3) is 0 Å². The van der Waals surface area contributed by atoms with Crippen molar-refractivity contribution >= 4 is 23.3 Å². The highest BCUT2D eigenvalue weighted by Crippen LogP contribution is 2.34. The molecule has 1 aliphatic heterocycles. The Kier molecular flexibility index (Phi) is 8.78. The van der Waals surface area contributed by atoms with E-state index in [1.807, 2.05) is 37.8 Å². The van der Waals surface area contributed by atoms with Gasteiger partial charge in [-0.25, -0.2) is 4.79 Å². The number of fused-ring (bicyclic) bond motifs is 1. The van der Waals surface area contributed by atoms with Crippen molar-refractivity contribution in [1.29, 1.82) is 0 Å². The van der Waals surface area contributed by atoms with E-state index in [2.05, 4.69) is 42.7 Å². The second-order valence-electron chi connectivity index (χ2n) is 9.21. The number of benzene rings is 1.